The van der Waals surface area contributed by atoms with Gasteiger partial charge in [0.1, 0.15) is 0 Å². The van der Waals surface area contributed by atoms with Crippen molar-refractivity contribution in [1.29, 1.82) is 0 Å². The van der Waals surface area contributed by atoms with Crippen LogP contribution in [0, 0.1) is 24.0 Å². The number of hydrogen-bond acceptors (Lipinski definition) is 4. The fourth-order valence-corrected chi connectivity index (χ4v) is 1.48. The van der Waals surface area contributed by atoms with E-state index < -0.39 is 0 Å². The molecule has 0 aliphatic carbocycles. The van der Waals surface area contributed by atoms with E-state index in [1.807, 2.05) is 13.8 Å². The number of benzene rings is 1. The number of aryl methyl sites for hydroxylation is 2. The topological polar surface area (TPSA) is 81.2 Å². The van der Waals surface area contributed by atoms with E-state index in [0.29, 0.717) is 12.1 Å². The average Bonchev–Trinajstić information content (AvgIpc) is 2.22. The molecule has 3 N–H and O–H groups in total. The van der Waals surface area contributed by atoms with Gasteiger partial charge in [0, 0.05) is 29.9 Å². The number of nitrogens with one attached hydrogen (secondary N) is 1. The molecule has 88 valence electrons. The number of hydrogen-bond donors (Lipinski definition) is 2. The molecule has 0 aromatic heterocycles. The molecule has 0 saturated carbocycles. The smallest absolute Gasteiger partial charge is 0.272 e. The Morgan fingerprint density at radius 2 is 2.06 bits per heavy atom. The van der Waals surface area contributed by atoms with Gasteiger partial charge < -0.3 is 11.1 Å². The van der Waals surface area contributed by atoms with Crippen molar-refractivity contribution in [2.24, 2.45) is 5.73 Å². The van der Waals surface area contributed by atoms with Gasteiger partial charge in [0.25, 0.3) is 5.69 Å². The lowest BCUT2D eigenvalue weighted by atomic mass is 10.1. The first-order chi connectivity index (χ1) is 7.45. The number of nitrogens with two attached hydrogens (primary N) is 1. The van der Waals surface area contributed by atoms with Crippen LogP contribution in [0.2, 0.25) is 0 Å². The highest BCUT2D eigenvalue weighted by Gasteiger charge is 2.13. The van der Waals surface area contributed by atoms with E-state index in [-0.39, 0.29) is 16.7 Å². The highest BCUT2D eigenvalue weighted by Crippen LogP contribution is 2.26. The summed E-state index contributed by atoms with van der Waals surface area (Å²) in [6.07, 6.45) is 0. The highest BCUT2D eigenvalue weighted by atomic mass is 16.6. The van der Waals surface area contributed by atoms with Gasteiger partial charge in [-0.1, -0.05) is 0 Å². The summed E-state index contributed by atoms with van der Waals surface area (Å²) in [5.74, 6) is 0. The SMILES string of the molecule is Cc1cc([N+](=O)[O-])c(C)cc1NC(C)CN. The number of nitro benzene ring substituents is 1. The van der Waals surface area contributed by atoms with Crippen molar-refractivity contribution in [3.63, 3.8) is 0 Å². The molecule has 0 spiro atoms. The minimum Gasteiger partial charge on any atom is -0.381 e. The van der Waals surface area contributed by atoms with Gasteiger partial charge in [-0.2, -0.15) is 0 Å². The molecule has 1 rings (SSSR count). The quantitative estimate of drug-likeness (QED) is 0.604. The summed E-state index contributed by atoms with van der Waals surface area (Å²) in [5, 5.41) is 13.9. The molecule has 0 aliphatic rings. The number of nitrogens with zero attached hydrogens (tertiary/aromatic N) is 1. The van der Waals surface area contributed by atoms with E-state index in [1.54, 1.807) is 19.1 Å². The zero-order valence-electron chi connectivity index (χ0n) is 9.78. The largest absolute Gasteiger partial charge is 0.381 e. The maximum Gasteiger partial charge on any atom is 0.272 e. The molecule has 0 heterocycles. The Balaban J connectivity index is 3.05. The molecule has 1 aromatic carbocycles. The Morgan fingerprint density at radius 3 is 2.56 bits per heavy atom. The predicted molar refractivity (Wildman–Crippen MR) is 64.7 cm³/mol. The summed E-state index contributed by atoms with van der Waals surface area (Å²) in [6, 6.07) is 3.53. The normalized spacial score (nSPS) is 12.2. The second-order valence-electron chi connectivity index (χ2n) is 3.99. The molecule has 0 fully saturated rings. The van der Waals surface area contributed by atoms with Crippen LogP contribution in [0.15, 0.2) is 12.1 Å². The molecule has 1 atom stereocenters. The summed E-state index contributed by atoms with van der Waals surface area (Å²) < 4.78 is 0. The van der Waals surface area contributed by atoms with Gasteiger partial charge in [-0.3, -0.25) is 10.1 Å². The molecule has 0 amide bonds. The van der Waals surface area contributed by atoms with E-state index in [1.165, 1.54) is 0 Å². The lowest BCUT2D eigenvalue weighted by Gasteiger charge is -2.15. The molecule has 5 heteroatoms. The van der Waals surface area contributed by atoms with Crippen LogP contribution >= 0.6 is 0 Å². The monoisotopic (exact) mass is 223 g/mol. The van der Waals surface area contributed by atoms with Crippen molar-refractivity contribution in [1.82, 2.24) is 0 Å². The Labute approximate surface area is 94.8 Å². The fraction of sp³-hybridized carbons (Fsp3) is 0.455. The van der Waals surface area contributed by atoms with Gasteiger partial charge >= 0.3 is 0 Å². The number of rotatable bonds is 4. The Bertz CT molecular complexity index is 404. The third-order valence-electron chi connectivity index (χ3n) is 2.50. The van der Waals surface area contributed by atoms with Gasteiger partial charge in [-0.25, -0.2) is 0 Å². The van der Waals surface area contributed by atoms with Crippen LogP contribution in [0.5, 0.6) is 0 Å². The van der Waals surface area contributed by atoms with Gasteiger partial charge in [-0.15, -0.1) is 0 Å². The highest BCUT2D eigenvalue weighted by molar-refractivity contribution is 5.59. The van der Waals surface area contributed by atoms with Gasteiger partial charge in [-0.05, 0) is 32.4 Å². The minimum atomic E-state index is -0.363. The van der Waals surface area contributed by atoms with E-state index in [9.17, 15) is 10.1 Å². The molecular weight excluding hydrogens is 206 g/mol. The predicted octanol–water partition coefficient (Wildman–Crippen LogP) is 1.97. The zero-order valence-corrected chi connectivity index (χ0v) is 9.78. The summed E-state index contributed by atoms with van der Waals surface area (Å²) in [4.78, 5) is 10.4. The summed E-state index contributed by atoms with van der Waals surface area (Å²) in [5.41, 5.74) is 8.09. The van der Waals surface area contributed by atoms with Gasteiger partial charge in [0.15, 0.2) is 0 Å². The number of nitro groups is 1. The second kappa shape index (κ2) is 4.94. The molecule has 1 aromatic rings. The van der Waals surface area contributed by atoms with Crippen LogP contribution in [-0.2, 0) is 0 Å². The maximum atomic E-state index is 10.7. The van der Waals surface area contributed by atoms with Crippen molar-refractivity contribution < 1.29 is 4.92 Å². The van der Waals surface area contributed by atoms with E-state index >= 15 is 0 Å². The summed E-state index contributed by atoms with van der Waals surface area (Å²) >= 11 is 0. The van der Waals surface area contributed by atoms with Crippen molar-refractivity contribution in [3.05, 3.63) is 33.4 Å². The standard InChI is InChI=1S/C11H17N3O2/c1-7-5-11(14(15)16)8(2)4-10(7)13-9(3)6-12/h4-5,9,13H,6,12H2,1-3H3. The molecule has 0 radical (unpaired) electrons. The van der Waals surface area contributed by atoms with Crippen LogP contribution in [0.1, 0.15) is 18.1 Å². The van der Waals surface area contributed by atoms with E-state index in [4.69, 9.17) is 5.73 Å². The first-order valence-corrected chi connectivity index (χ1v) is 5.18. The molecule has 16 heavy (non-hydrogen) atoms. The average molecular weight is 223 g/mol. The third-order valence-corrected chi connectivity index (χ3v) is 2.50. The lowest BCUT2D eigenvalue weighted by molar-refractivity contribution is -0.385. The van der Waals surface area contributed by atoms with Crippen molar-refractivity contribution in [3.8, 4) is 0 Å². The van der Waals surface area contributed by atoms with Crippen LogP contribution in [-0.4, -0.2) is 17.5 Å². The Hall–Kier alpha value is -1.62. The van der Waals surface area contributed by atoms with E-state index in [0.717, 1.165) is 11.3 Å². The molecule has 1 unspecified atom stereocenters. The van der Waals surface area contributed by atoms with Crippen LogP contribution in [0.4, 0.5) is 11.4 Å². The molecule has 0 aliphatic heterocycles. The van der Waals surface area contributed by atoms with Gasteiger partial charge in [0.05, 0.1) is 4.92 Å². The minimum absolute atomic E-state index is 0.152. The summed E-state index contributed by atoms with van der Waals surface area (Å²) in [7, 11) is 0. The fourth-order valence-electron chi connectivity index (χ4n) is 1.48. The Kier molecular flexibility index (Phi) is 3.84. The van der Waals surface area contributed by atoms with Crippen molar-refractivity contribution in [2.75, 3.05) is 11.9 Å². The van der Waals surface area contributed by atoms with Crippen molar-refractivity contribution >= 4 is 11.4 Å². The molecular formula is C11H17N3O2. The van der Waals surface area contributed by atoms with Crippen molar-refractivity contribution in [2.45, 2.75) is 26.8 Å². The van der Waals surface area contributed by atoms with E-state index in [2.05, 4.69) is 5.32 Å². The first kappa shape index (κ1) is 12.4. The van der Waals surface area contributed by atoms with Crippen LogP contribution < -0.4 is 11.1 Å². The van der Waals surface area contributed by atoms with Crippen LogP contribution in [0.3, 0.4) is 0 Å². The third kappa shape index (κ3) is 2.70. The van der Waals surface area contributed by atoms with Crippen LogP contribution in [0.25, 0.3) is 0 Å². The summed E-state index contributed by atoms with van der Waals surface area (Å²) in [6.45, 7) is 6.07. The van der Waals surface area contributed by atoms with Gasteiger partial charge in [0.2, 0.25) is 0 Å². The molecule has 5 nitrogen and oxygen atoms in total. The Morgan fingerprint density at radius 1 is 1.44 bits per heavy atom. The first-order valence-electron chi connectivity index (χ1n) is 5.18. The molecule has 0 bridgehead atoms. The maximum absolute atomic E-state index is 10.7. The molecule has 0 saturated heterocycles. The zero-order chi connectivity index (χ0) is 12.3. The lowest BCUT2D eigenvalue weighted by Crippen LogP contribution is -2.25. The number of anilines is 1. The second-order valence-corrected chi connectivity index (χ2v) is 3.99.